The molecular weight excluding hydrogens is 258 g/mol. The van der Waals surface area contributed by atoms with Gasteiger partial charge in [-0.3, -0.25) is 4.79 Å². The zero-order valence-corrected chi connectivity index (χ0v) is 12.6. The second-order valence-corrected chi connectivity index (χ2v) is 6.88. The lowest BCUT2D eigenvalue weighted by Crippen LogP contribution is -2.53. The number of thiophene rings is 1. The van der Waals surface area contributed by atoms with Gasteiger partial charge in [0, 0.05) is 4.88 Å². The van der Waals surface area contributed by atoms with Crippen LogP contribution < -0.4 is 5.32 Å². The Bertz CT molecular complexity index is 443. The maximum Gasteiger partial charge on any atom is 0.261 e. The van der Waals surface area contributed by atoms with Crippen LogP contribution in [0.3, 0.4) is 0 Å². The molecule has 3 nitrogen and oxygen atoms in total. The maximum atomic E-state index is 12.3. The monoisotopic (exact) mass is 281 g/mol. The Kier molecular flexibility index (Phi) is 4.63. The Morgan fingerprint density at radius 3 is 2.95 bits per heavy atom. The predicted octanol–water partition coefficient (Wildman–Crippen LogP) is 2.98. The van der Waals surface area contributed by atoms with Crippen LogP contribution >= 0.6 is 11.3 Å². The third-order valence-corrected chi connectivity index (χ3v) is 5.24. The molecule has 2 N–H and O–H groups in total. The smallest absolute Gasteiger partial charge is 0.261 e. The van der Waals surface area contributed by atoms with E-state index in [4.69, 9.17) is 0 Å². The van der Waals surface area contributed by atoms with Crippen molar-refractivity contribution in [3.05, 3.63) is 21.9 Å². The lowest BCUT2D eigenvalue weighted by molar-refractivity contribution is 0.0700. The van der Waals surface area contributed by atoms with Gasteiger partial charge in [0.25, 0.3) is 5.91 Å². The first-order valence-corrected chi connectivity index (χ1v) is 7.92. The van der Waals surface area contributed by atoms with Gasteiger partial charge in [0.1, 0.15) is 0 Å². The van der Waals surface area contributed by atoms with E-state index in [-0.39, 0.29) is 12.5 Å². The van der Waals surface area contributed by atoms with Crippen LogP contribution in [0.5, 0.6) is 0 Å². The van der Waals surface area contributed by atoms with Crippen molar-refractivity contribution in [2.45, 2.75) is 51.5 Å². The molecule has 1 aromatic rings. The summed E-state index contributed by atoms with van der Waals surface area (Å²) in [5.74, 6) is 0.531. The normalized spacial score (nSPS) is 27.2. The van der Waals surface area contributed by atoms with Gasteiger partial charge in [0.05, 0.1) is 17.0 Å². The average molecular weight is 281 g/mol. The highest BCUT2D eigenvalue weighted by Gasteiger charge is 2.36. The lowest BCUT2D eigenvalue weighted by Gasteiger charge is -2.39. The Morgan fingerprint density at radius 1 is 1.58 bits per heavy atom. The van der Waals surface area contributed by atoms with Crippen LogP contribution in [0.25, 0.3) is 0 Å². The zero-order valence-electron chi connectivity index (χ0n) is 11.7. The zero-order chi connectivity index (χ0) is 13.9. The molecule has 19 heavy (non-hydrogen) atoms. The van der Waals surface area contributed by atoms with Crippen LogP contribution in [0.15, 0.2) is 12.1 Å². The summed E-state index contributed by atoms with van der Waals surface area (Å²) in [7, 11) is 0. The van der Waals surface area contributed by atoms with Gasteiger partial charge in [-0.25, -0.2) is 0 Å². The standard InChI is InChI=1S/C15H23NO2S/c1-3-12-6-7-13(19-12)14(18)16-15(10-17)8-4-5-11(2)9-15/h6-7,11,17H,3-5,8-10H2,1-2H3,(H,16,18). The fraction of sp³-hybridized carbons (Fsp3) is 0.667. The molecule has 0 aromatic carbocycles. The maximum absolute atomic E-state index is 12.3. The third-order valence-electron chi connectivity index (χ3n) is 4.01. The summed E-state index contributed by atoms with van der Waals surface area (Å²) >= 11 is 1.55. The van der Waals surface area contributed by atoms with Gasteiger partial charge in [-0.05, 0) is 37.3 Å². The highest BCUT2D eigenvalue weighted by atomic mass is 32.1. The molecule has 2 rings (SSSR count). The third kappa shape index (κ3) is 3.37. The minimum Gasteiger partial charge on any atom is -0.394 e. The van der Waals surface area contributed by atoms with E-state index in [9.17, 15) is 9.90 Å². The number of rotatable bonds is 4. The van der Waals surface area contributed by atoms with Crippen molar-refractivity contribution < 1.29 is 9.90 Å². The molecule has 2 atom stereocenters. The first-order chi connectivity index (χ1) is 9.08. The predicted molar refractivity (Wildman–Crippen MR) is 78.6 cm³/mol. The molecule has 1 aliphatic carbocycles. The molecule has 1 aliphatic rings. The molecule has 1 aromatic heterocycles. The second-order valence-electron chi connectivity index (χ2n) is 5.71. The van der Waals surface area contributed by atoms with Crippen molar-refractivity contribution in [1.29, 1.82) is 0 Å². The number of amides is 1. The van der Waals surface area contributed by atoms with Gasteiger partial charge < -0.3 is 10.4 Å². The number of aliphatic hydroxyl groups excluding tert-OH is 1. The van der Waals surface area contributed by atoms with E-state index < -0.39 is 5.54 Å². The summed E-state index contributed by atoms with van der Waals surface area (Å²) in [6.45, 7) is 4.32. The second kappa shape index (κ2) is 6.06. The summed E-state index contributed by atoms with van der Waals surface area (Å²) in [5.41, 5.74) is -0.412. The van der Waals surface area contributed by atoms with E-state index in [1.807, 2.05) is 12.1 Å². The number of carbonyl (C=O) groups excluding carboxylic acids is 1. The van der Waals surface area contributed by atoms with Gasteiger partial charge >= 0.3 is 0 Å². The molecule has 0 bridgehead atoms. The first kappa shape index (κ1) is 14.5. The van der Waals surface area contributed by atoms with Crippen molar-refractivity contribution in [2.75, 3.05) is 6.61 Å². The Labute approximate surface area is 119 Å². The number of hydrogen-bond acceptors (Lipinski definition) is 3. The van der Waals surface area contributed by atoms with Crippen LogP contribution in [0, 0.1) is 5.92 Å². The number of nitrogens with one attached hydrogen (secondary N) is 1. The van der Waals surface area contributed by atoms with Crippen molar-refractivity contribution in [3.8, 4) is 0 Å². The molecule has 0 radical (unpaired) electrons. The SMILES string of the molecule is CCc1ccc(C(=O)NC2(CO)CCCC(C)C2)s1. The summed E-state index contributed by atoms with van der Waals surface area (Å²) in [6, 6.07) is 3.89. The number of hydrogen-bond donors (Lipinski definition) is 2. The summed E-state index contributed by atoms with van der Waals surface area (Å²) in [4.78, 5) is 14.3. The summed E-state index contributed by atoms with van der Waals surface area (Å²) < 4.78 is 0. The Hall–Kier alpha value is -0.870. The Morgan fingerprint density at radius 2 is 2.37 bits per heavy atom. The van der Waals surface area contributed by atoms with Crippen molar-refractivity contribution in [2.24, 2.45) is 5.92 Å². The molecule has 1 amide bonds. The van der Waals surface area contributed by atoms with Gasteiger partial charge in [-0.1, -0.05) is 26.7 Å². The van der Waals surface area contributed by atoms with Gasteiger partial charge in [-0.15, -0.1) is 11.3 Å². The molecule has 1 fully saturated rings. The van der Waals surface area contributed by atoms with Crippen LogP contribution in [-0.4, -0.2) is 23.2 Å². The highest BCUT2D eigenvalue weighted by molar-refractivity contribution is 7.14. The van der Waals surface area contributed by atoms with E-state index in [0.717, 1.165) is 30.6 Å². The molecule has 2 unspecified atom stereocenters. The molecule has 0 aliphatic heterocycles. The molecule has 0 spiro atoms. The van der Waals surface area contributed by atoms with E-state index >= 15 is 0 Å². The van der Waals surface area contributed by atoms with E-state index in [1.165, 1.54) is 11.3 Å². The topological polar surface area (TPSA) is 49.3 Å². The number of aryl methyl sites for hydroxylation is 1. The largest absolute Gasteiger partial charge is 0.394 e. The molecule has 1 heterocycles. The van der Waals surface area contributed by atoms with Crippen LogP contribution in [0.1, 0.15) is 54.1 Å². The molecule has 106 valence electrons. The van der Waals surface area contributed by atoms with Crippen LogP contribution in [0.4, 0.5) is 0 Å². The first-order valence-electron chi connectivity index (χ1n) is 7.10. The van der Waals surface area contributed by atoms with Crippen molar-refractivity contribution in [1.82, 2.24) is 5.32 Å². The average Bonchev–Trinajstić information content (AvgIpc) is 2.87. The van der Waals surface area contributed by atoms with E-state index in [2.05, 4.69) is 19.2 Å². The minimum atomic E-state index is -0.412. The quantitative estimate of drug-likeness (QED) is 0.891. The fourth-order valence-electron chi connectivity index (χ4n) is 2.95. The van der Waals surface area contributed by atoms with Crippen molar-refractivity contribution >= 4 is 17.2 Å². The van der Waals surface area contributed by atoms with Gasteiger partial charge in [0.2, 0.25) is 0 Å². The number of aliphatic hydroxyl groups is 1. The van der Waals surface area contributed by atoms with E-state index in [0.29, 0.717) is 5.92 Å². The number of carbonyl (C=O) groups is 1. The van der Waals surface area contributed by atoms with E-state index in [1.54, 1.807) is 11.3 Å². The van der Waals surface area contributed by atoms with Crippen molar-refractivity contribution in [3.63, 3.8) is 0 Å². The molecule has 1 saturated carbocycles. The molecule has 4 heteroatoms. The fourth-order valence-corrected chi connectivity index (χ4v) is 3.79. The van der Waals surface area contributed by atoms with Gasteiger partial charge in [0.15, 0.2) is 0 Å². The van der Waals surface area contributed by atoms with Gasteiger partial charge in [-0.2, -0.15) is 0 Å². The summed E-state index contributed by atoms with van der Waals surface area (Å²) in [5, 5.41) is 12.8. The Balaban J connectivity index is 2.07. The molecule has 0 saturated heterocycles. The lowest BCUT2D eigenvalue weighted by atomic mass is 9.77. The minimum absolute atomic E-state index is 0.0344. The highest BCUT2D eigenvalue weighted by Crippen LogP contribution is 2.32. The molecular formula is C15H23NO2S. The van der Waals surface area contributed by atoms with Crippen LogP contribution in [-0.2, 0) is 6.42 Å². The van der Waals surface area contributed by atoms with Crippen LogP contribution in [0.2, 0.25) is 0 Å². The summed E-state index contributed by atoms with van der Waals surface area (Å²) in [6.07, 6.45) is 4.98.